The molecule has 0 aliphatic carbocycles. The molecule has 0 spiro atoms. The molecule has 0 radical (unpaired) electrons. The fourth-order valence-electron chi connectivity index (χ4n) is 3.10. The Balaban J connectivity index is -0.000000233. The van der Waals surface area contributed by atoms with Gasteiger partial charge in [-0.2, -0.15) is 38.5 Å². The fourth-order valence-corrected chi connectivity index (χ4v) is 4.83. The standard InChI is InChI=1S/3C8H18N.C7H5F6Si.Zr/c3*1-3-5-7-9-8-6-4-2;8-6(9,10)14(7(11,12)13)5-3-1-2-4-5;/h3*3-8H2,1-2H3;1-4,14H;/q4*-1;+4. The minimum Gasteiger partial charge on any atom is -0.662 e. The van der Waals surface area contributed by atoms with Crippen molar-refractivity contribution in [1.82, 2.24) is 0 Å². The van der Waals surface area contributed by atoms with Gasteiger partial charge in [0.05, 0.1) is 0 Å². The summed E-state index contributed by atoms with van der Waals surface area (Å²) in [6.45, 7) is 19.7. The zero-order valence-corrected chi connectivity index (χ0v) is 30.8. The quantitative estimate of drug-likeness (QED) is 0.0595. The summed E-state index contributed by atoms with van der Waals surface area (Å²) >= 11 is 0. The van der Waals surface area contributed by atoms with Crippen molar-refractivity contribution in [3.05, 3.63) is 40.2 Å². The molecule has 0 fully saturated rings. The van der Waals surface area contributed by atoms with Crippen molar-refractivity contribution in [3.63, 3.8) is 0 Å². The predicted octanol–water partition coefficient (Wildman–Crippen LogP) is 10.9. The molecule has 1 aromatic rings. The van der Waals surface area contributed by atoms with E-state index < -0.39 is 25.6 Å². The van der Waals surface area contributed by atoms with Crippen molar-refractivity contribution < 1.29 is 52.5 Å². The minimum atomic E-state index is -5.16. The van der Waals surface area contributed by atoms with E-state index in [4.69, 9.17) is 0 Å². The molecular formula is C31H59F6N3SiZr. The van der Waals surface area contributed by atoms with Gasteiger partial charge >= 0.3 is 37.8 Å². The Hall–Kier alpha value is -0.0900. The van der Waals surface area contributed by atoms with Gasteiger partial charge in [-0.05, 0) is 0 Å². The zero-order chi connectivity index (χ0) is 31.8. The first kappa shape index (κ1) is 48.8. The number of hydrogen-bond acceptors (Lipinski definition) is 0. The van der Waals surface area contributed by atoms with E-state index in [-0.39, 0.29) is 26.2 Å². The second-order valence-electron chi connectivity index (χ2n) is 9.87. The van der Waals surface area contributed by atoms with E-state index >= 15 is 0 Å². The molecule has 3 nitrogen and oxygen atoms in total. The number of hydrogen-bond donors (Lipinski definition) is 0. The van der Waals surface area contributed by atoms with Crippen molar-refractivity contribution in [2.45, 2.75) is 130 Å². The van der Waals surface area contributed by atoms with Crippen LogP contribution in [0.4, 0.5) is 26.3 Å². The van der Waals surface area contributed by atoms with Crippen molar-refractivity contribution >= 4 is 14.0 Å². The monoisotopic (exact) mass is 705 g/mol. The van der Waals surface area contributed by atoms with Crippen LogP contribution in [0.1, 0.15) is 119 Å². The van der Waals surface area contributed by atoms with Gasteiger partial charge in [0.25, 0.3) is 8.80 Å². The average Bonchev–Trinajstić information content (AvgIpc) is 3.42. The van der Waals surface area contributed by atoms with Gasteiger partial charge in [0.2, 0.25) is 0 Å². The molecule has 1 rings (SSSR count). The molecule has 0 aliphatic rings. The van der Waals surface area contributed by atoms with Crippen LogP contribution in [-0.2, 0) is 26.2 Å². The molecule has 0 aromatic heterocycles. The number of alkyl halides is 6. The maximum Gasteiger partial charge on any atom is 4.00 e. The van der Waals surface area contributed by atoms with E-state index in [9.17, 15) is 26.3 Å². The summed E-state index contributed by atoms with van der Waals surface area (Å²) in [6.07, 6.45) is 15.2. The molecule has 0 unspecified atom stereocenters. The second-order valence-corrected chi connectivity index (χ2v) is 12.7. The number of rotatable bonds is 19. The molecule has 11 heteroatoms. The molecule has 0 aliphatic heterocycles. The third kappa shape index (κ3) is 36.1. The van der Waals surface area contributed by atoms with Gasteiger partial charge in [-0.3, -0.25) is 0 Å². The Bertz CT molecular complexity index is 537. The van der Waals surface area contributed by atoms with Crippen LogP contribution < -0.4 is 5.19 Å². The van der Waals surface area contributed by atoms with Crippen LogP contribution >= 0.6 is 0 Å². The number of halogens is 6. The molecule has 0 heterocycles. The number of unbranched alkanes of at least 4 members (excludes halogenated alkanes) is 6. The Morgan fingerprint density at radius 3 is 0.857 bits per heavy atom. The molecule has 1 aromatic carbocycles. The van der Waals surface area contributed by atoms with Crippen LogP contribution in [0.5, 0.6) is 0 Å². The minimum absolute atomic E-state index is 0. The predicted molar refractivity (Wildman–Crippen MR) is 170 cm³/mol. The maximum atomic E-state index is 12.1. The summed E-state index contributed by atoms with van der Waals surface area (Å²) in [5, 5.41) is 12.4. The van der Waals surface area contributed by atoms with Crippen LogP contribution in [0.2, 0.25) is 0 Å². The molecular weight excluding hydrogens is 648 g/mol. The molecule has 0 atom stereocenters. The third-order valence-electron chi connectivity index (χ3n) is 5.70. The van der Waals surface area contributed by atoms with E-state index in [2.05, 4.69) is 57.5 Å². The van der Waals surface area contributed by atoms with Crippen LogP contribution in [0.15, 0.2) is 24.3 Å². The van der Waals surface area contributed by atoms with E-state index in [1.165, 1.54) is 89.2 Å². The Kier molecular flexibility index (Phi) is 41.1. The SMILES string of the molecule is CCCC[N-]CCCC.CCCC[N-]CCCC.CCCC[N-]CCCC.FC(F)(F)[SiH]([c-]1cccc1)C(F)(F)F.[Zr+4]. The second kappa shape index (κ2) is 35.4. The van der Waals surface area contributed by atoms with Crippen LogP contribution in [0, 0.1) is 0 Å². The van der Waals surface area contributed by atoms with Crippen LogP contribution in [-0.4, -0.2) is 59.7 Å². The van der Waals surface area contributed by atoms with Crippen molar-refractivity contribution in [2.75, 3.05) is 39.3 Å². The van der Waals surface area contributed by atoms with Gasteiger partial charge in [0.1, 0.15) is 0 Å². The topological polar surface area (TPSA) is 42.3 Å². The smallest absolute Gasteiger partial charge is 0.662 e. The molecule has 0 saturated carbocycles. The van der Waals surface area contributed by atoms with Gasteiger partial charge in [-0.1, -0.05) is 119 Å². The summed E-state index contributed by atoms with van der Waals surface area (Å²) < 4.78 is 72.7. The molecule has 0 saturated heterocycles. The summed E-state index contributed by atoms with van der Waals surface area (Å²) in [7, 11) is -4.92. The number of nitrogens with zero attached hydrogens (tertiary/aromatic N) is 3. The van der Waals surface area contributed by atoms with E-state index in [1.807, 2.05) is 0 Å². The van der Waals surface area contributed by atoms with Gasteiger partial charge < -0.3 is 16.0 Å². The molecule has 0 N–H and O–H groups in total. The molecule has 42 heavy (non-hydrogen) atoms. The first-order valence-corrected chi connectivity index (χ1v) is 17.4. The first-order valence-electron chi connectivity index (χ1n) is 15.7. The maximum absolute atomic E-state index is 12.1. The van der Waals surface area contributed by atoms with Gasteiger partial charge in [-0.25, -0.2) is 12.1 Å². The summed E-state index contributed by atoms with van der Waals surface area (Å²) in [5.41, 5.74) is 0. The van der Waals surface area contributed by atoms with Crippen molar-refractivity contribution in [1.29, 1.82) is 0 Å². The van der Waals surface area contributed by atoms with Crippen LogP contribution in [0.25, 0.3) is 16.0 Å². The summed E-state index contributed by atoms with van der Waals surface area (Å²) in [6, 6.07) is 4.09. The van der Waals surface area contributed by atoms with Gasteiger partial charge in [0, 0.05) is 0 Å². The Morgan fingerprint density at radius 1 is 0.476 bits per heavy atom. The average molecular weight is 707 g/mol. The largest absolute Gasteiger partial charge is 4.00 e. The van der Waals surface area contributed by atoms with E-state index in [0.29, 0.717) is 0 Å². The first-order chi connectivity index (χ1) is 19.5. The third-order valence-corrected chi connectivity index (χ3v) is 8.06. The molecule has 0 amide bonds. The Morgan fingerprint density at radius 2 is 0.690 bits per heavy atom. The molecule has 0 bridgehead atoms. The van der Waals surface area contributed by atoms with Crippen molar-refractivity contribution in [2.24, 2.45) is 0 Å². The summed E-state index contributed by atoms with van der Waals surface area (Å²) in [4.78, 5) is 0. The molecule has 248 valence electrons. The van der Waals surface area contributed by atoms with Gasteiger partial charge in [-0.15, -0.1) is 44.5 Å². The van der Waals surface area contributed by atoms with E-state index in [0.717, 1.165) is 51.4 Å². The Labute approximate surface area is 275 Å². The fraction of sp³-hybridized carbons (Fsp3) is 0.839. The zero-order valence-electron chi connectivity index (χ0n) is 27.2. The summed E-state index contributed by atoms with van der Waals surface area (Å²) in [5.74, 6) is -10.3. The van der Waals surface area contributed by atoms with Crippen molar-refractivity contribution in [3.8, 4) is 0 Å². The van der Waals surface area contributed by atoms with Gasteiger partial charge in [0.15, 0.2) is 0 Å². The normalized spacial score (nSPS) is 11.0. The van der Waals surface area contributed by atoms with Crippen LogP contribution in [0.3, 0.4) is 0 Å². The van der Waals surface area contributed by atoms with E-state index in [1.54, 1.807) is 0 Å².